The number of para-hydroxylation sites is 1. The van der Waals surface area contributed by atoms with Crippen molar-refractivity contribution in [3.8, 4) is 5.69 Å². The molecule has 0 aliphatic carbocycles. The van der Waals surface area contributed by atoms with Crippen molar-refractivity contribution in [1.29, 1.82) is 0 Å². The predicted molar refractivity (Wildman–Crippen MR) is 119 cm³/mol. The SMILES string of the molecule is CCc1cccc(CC)c1-n1c(=O)nc(N2CCNCC2C)c2ccc(Cl)nc21. The van der Waals surface area contributed by atoms with Crippen LogP contribution in [-0.4, -0.2) is 40.2 Å². The number of rotatable bonds is 4. The van der Waals surface area contributed by atoms with E-state index in [2.05, 4.69) is 53.1 Å². The summed E-state index contributed by atoms with van der Waals surface area (Å²) < 4.78 is 1.65. The van der Waals surface area contributed by atoms with Crippen LogP contribution in [-0.2, 0) is 12.8 Å². The lowest BCUT2D eigenvalue weighted by atomic mass is 10.0. The normalized spacial score (nSPS) is 17.1. The molecule has 4 rings (SSSR count). The predicted octanol–water partition coefficient (Wildman–Crippen LogP) is 3.36. The van der Waals surface area contributed by atoms with Gasteiger partial charge in [0.25, 0.3) is 0 Å². The Morgan fingerprint density at radius 2 is 1.86 bits per heavy atom. The Bertz CT molecular complexity index is 1090. The highest BCUT2D eigenvalue weighted by atomic mass is 35.5. The van der Waals surface area contributed by atoms with E-state index in [0.717, 1.165) is 54.7 Å². The van der Waals surface area contributed by atoms with E-state index < -0.39 is 0 Å². The lowest BCUT2D eigenvalue weighted by molar-refractivity contribution is 0.497. The van der Waals surface area contributed by atoms with E-state index in [9.17, 15) is 4.79 Å². The number of halogens is 1. The fourth-order valence-electron chi connectivity index (χ4n) is 4.14. The average Bonchev–Trinajstić information content (AvgIpc) is 2.73. The van der Waals surface area contributed by atoms with Gasteiger partial charge in [0.2, 0.25) is 0 Å². The van der Waals surface area contributed by atoms with Crippen LogP contribution >= 0.6 is 11.6 Å². The van der Waals surface area contributed by atoms with Gasteiger partial charge >= 0.3 is 5.69 Å². The number of aromatic nitrogens is 3. The maximum absolute atomic E-state index is 13.4. The van der Waals surface area contributed by atoms with Gasteiger partial charge in [-0.05, 0) is 43.0 Å². The Morgan fingerprint density at radius 1 is 1.14 bits per heavy atom. The number of aryl methyl sites for hydroxylation is 2. The molecule has 2 aromatic heterocycles. The van der Waals surface area contributed by atoms with E-state index in [1.54, 1.807) is 10.6 Å². The van der Waals surface area contributed by atoms with Crippen LogP contribution in [0.4, 0.5) is 5.82 Å². The molecular weight excluding hydrogens is 386 g/mol. The first-order chi connectivity index (χ1) is 14.0. The quantitative estimate of drug-likeness (QED) is 0.667. The van der Waals surface area contributed by atoms with Crippen LogP contribution in [0.5, 0.6) is 0 Å². The number of pyridine rings is 1. The van der Waals surface area contributed by atoms with Crippen LogP contribution < -0.4 is 15.9 Å². The molecule has 1 aliphatic heterocycles. The number of anilines is 1. The average molecular weight is 412 g/mol. The minimum atomic E-state index is -0.316. The van der Waals surface area contributed by atoms with Crippen molar-refractivity contribution < 1.29 is 0 Å². The van der Waals surface area contributed by atoms with Crippen molar-refractivity contribution in [2.75, 3.05) is 24.5 Å². The number of piperazine rings is 1. The molecule has 0 bridgehead atoms. The van der Waals surface area contributed by atoms with E-state index in [4.69, 9.17) is 11.6 Å². The largest absolute Gasteiger partial charge is 0.355 e. The lowest BCUT2D eigenvalue weighted by Crippen LogP contribution is -2.50. The second kappa shape index (κ2) is 8.13. The molecule has 0 saturated carbocycles. The fraction of sp³-hybridized carbons (Fsp3) is 0.409. The summed E-state index contributed by atoms with van der Waals surface area (Å²) in [5.74, 6) is 0.687. The summed E-state index contributed by atoms with van der Waals surface area (Å²) in [7, 11) is 0. The molecular formula is C22H26ClN5O. The highest BCUT2D eigenvalue weighted by Crippen LogP contribution is 2.29. The first kappa shape index (κ1) is 19.9. The molecule has 29 heavy (non-hydrogen) atoms. The summed E-state index contributed by atoms with van der Waals surface area (Å²) in [4.78, 5) is 24.7. The summed E-state index contributed by atoms with van der Waals surface area (Å²) in [6.07, 6.45) is 1.63. The van der Waals surface area contributed by atoms with E-state index in [1.807, 2.05) is 12.1 Å². The molecule has 0 amide bonds. The molecule has 152 valence electrons. The van der Waals surface area contributed by atoms with Gasteiger partial charge in [0.1, 0.15) is 11.0 Å². The molecule has 1 aliphatic rings. The van der Waals surface area contributed by atoms with Gasteiger partial charge in [-0.2, -0.15) is 4.98 Å². The number of nitrogens with zero attached hydrogens (tertiary/aromatic N) is 4. The summed E-state index contributed by atoms with van der Waals surface area (Å²) in [5, 5.41) is 4.59. The minimum absolute atomic E-state index is 0.236. The Balaban J connectivity index is 2.06. The van der Waals surface area contributed by atoms with Crippen LogP contribution in [0.15, 0.2) is 35.1 Å². The van der Waals surface area contributed by atoms with Crippen molar-refractivity contribution >= 4 is 28.5 Å². The van der Waals surface area contributed by atoms with Gasteiger partial charge in [-0.25, -0.2) is 14.3 Å². The summed E-state index contributed by atoms with van der Waals surface area (Å²) >= 11 is 6.27. The van der Waals surface area contributed by atoms with Crippen LogP contribution in [0.2, 0.25) is 5.15 Å². The smallest absolute Gasteiger partial charge is 0.351 e. The van der Waals surface area contributed by atoms with Crippen LogP contribution in [0.3, 0.4) is 0 Å². The van der Waals surface area contributed by atoms with Gasteiger partial charge in [-0.15, -0.1) is 0 Å². The Labute approximate surface area is 175 Å². The maximum atomic E-state index is 13.4. The van der Waals surface area contributed by atoms with Crippen molar-refractivity contribution in [3.05, 3.63) is 57.1 Å². The highest BCUT2D eigenvalue weighted by Gasteiger charge is 2.25. The molecule has 1 atom stereocenters. The molecule has 6 nitrogen and oxygen atoms in total. The van der Waals surface area contributed by atoms with Crippen LogP contribution in [0.25, 0.3) is 16.7 Å². The van der Waals surface area contributed by atoms with Crippen molar-refractivity contribution in [1.82, 2.24) is 19.9 Å². The third-order valence-corrected chi connectivity index (χ3v) is 5.86. The first-order valence-corrected chi connectivity index (χ1v) is 10.6. The molecule has 0 spiro atoms. The summed E-state index contributed by atoms with van der Waals surface area (Å²) in [6, 6.07) is 10.1. The Morgan fingerprint density at radius 3 is 2.52 bits per heavy atom. The Kier molecular flexibility index (Phi) is 5.56. The number of fused-ring (bicyclic) bond motifs is 1. The maximum Gasteiger partial charge on any atom is 0.355 e. The summed E-state index contributed by atoms with van der Waals surface area (Å²) in [5.41, 5.74) is 3.33. The Hall–Kier alpha value is -2.44. The highest BCUT2D eigenvalue weighted by molar-refractivity contribution is 6.29. The number of hydrogen-bond donors (Lipinski definition) is 1. The molecule has 1 N–H and O–H groups in total. The molecule has 1 unspecified atom stereocenters. The van der Waals surface area contributed by atoms with Crippen LogP contribution in [0.1, 0.15) is 31.9 Å². The van der Waals surface area contributed by atoms with Crippen LogP contribution in [0, 0.1) is 0 Å². The third-order valence-electron chi connectivity index (χ3n) is 5.65. The standard InChI is InChI=1S/C22H26ClN5O/c1-4-15-7-6-8-16(5-2)19(15)28-21-17(9-10-18(23)25-21)20(26-22(28)29)27-12-11-24-13-14(27)3/h6-10,14,24H,4-5,11-13H2,1-3H3. The molecule has 1 aromatic carbocycles. The van der Waals surface area contributed by atoms with Crippen molar-refractivity contribution in [2.45, 2.75) is 39.7 Å². The van der Waals surface area contributed by atoms with E-state index in [0.29, 0.717) is 16.6 Å². The van der Waals surface area contributed by atoms with E-state index >= 15 is 0 Å². The van der Waals surface area contributed by atoms with Crippen molar-refractivity contribution in [3.63, 3.8) is 0 Å². The fourth-order valence-corrected chi connectivity index (χ4v) is 4.28. The van der Waals surface area contributed by atoms with Gasteiger partial charge in [0, 0.05) is 25.7 Å². The molecule has 1 fully saturated rings. The topological polar surface area (TPSA) is 63.1 Å². The van der Waals surface area contributed by atoms with Gasteiger partial charge in [0.05, 0.1) is 11.1 Å². The molecule has 3 aromatic rings. The number of nitrogens with one attached hydrogen (secondary N) is 1. The second-order valence-electron chi connectivity index (χ2n) is 7.44. The molecule has 0 radical (unpaired) electrons. The van der Waals surface area contributed by atoms with Gasteiger partial charge in [-0.1, -0.05) is 43.6 Å². The zero-order valence-electron chi connectivity index (χ0n) is 17.1. The van der Waals surface area contributed by atoms with E-state index in [-0.39, 0.29) is 11.7 Å². The van der Waals surface area contributed by atoms with Gasteiger partial charge in [-0.3, -0.25) is 0 Å². The van der Waals surface area contributed by atoms with Crippen molar-refractivity contribution in [2.24, 2.45) is 0 Å². The van der Waals surface area contributed by atoms with Gasteiger partial charge < -0.3 is 10.2 Å². The van der Waals surface area contributed by atoms with E-state index in [1.165, 1.54) is 0 Å². The monoisotopic (exact) mass is 411 g/mol. The minimum Gasteiger partial charge on any atom is -0.351 e. The zero-order valence-corrected chi connectivity index (χ0v) is 17.8. The number of benzene rings is 1. The van der Waals surface area contributed by atoms with Gasteiger partial charge in [0.15, 0.2) is 5.65 Å². The zero-order chi connectivity index (χ0) is 20.5. The molecule has 1 saturated heterocycles. The first-order valence-electron chi connectivity index (χ1n) is 10.2. The summed E-state index contributed by atoms with van der Waals surface area (Å²) in [6.45, 7) is 8.83. The third kappa shape index (κ3) is 3.51. The number of hydrogen-bond acceptors (Lipinski definition) is 5. The molecule has 7 heteroatoms. The second-order valence-corrected chi connectivity index (χ2v) is 7.82. The lowest BCUT2D eigenvalue weighted by Gasteiger charge is -2.35. The molecule has 3 heterocycles.